The van der Waals surface area contributed by atoms with E-state index in [9.17, 15) is 0 Å². The fourth-order valence-corrected chi connectivity index (χ4v) is 6.59. The van der Waals surface area contributed by atoms with Gasteiger partial charge in [0.1, 0.15) is 0 Å². The number of hydrogen-bond acceptors (Lipinski definition) is 2. The highest BCUT2D eigenvalue weighted by Gasteiger charge is 2.37. The molecule has 0 radical (unpaired) electrons. The third-order valence-corrected chi connectivity index (χ3v) is 8.56. The first-order valence-electron chi connectivity index (χ1n) is 19.8. The molecule has 7 aromatic rings. The molecule has 0 saturated carbocycles. The predicted molar refractivity (Wildman–Crippen MR) is 191 cm³/mol. The second-order valence-corrected chi connectivity index (χ2v) is 11.5. The standard InChI is InChI=1S/C43H34N2/c1-43(2)41-30-37(45(34-19-11-5-12-20-34)35-21-13-6-14-22-35)25-28-39(41)40-26-23-31-29-36(24-27-38(31)42(40)43)44(32-15-7-3-8-16-32)33-17-9-4-10-18-33/h3-30H,1-2H3/i3D,5D,7D,8D,11D,12D,15D,16D,19D,20D. The van der Waals surface area contributed by atoms with Crippen LogP contribution in [0.3, 0.4) is 0 Å². The Kier molecular flexibility index (Phi) is 4.40. The van der Waals surface area contributed by atoms with Crippen molar-refractivity contribution < 1.29 is 13.7 Å². The lowest BCUT2D eigenvalue weighted by molar-refractivity contribution is 0.666. The van der Waals surface area contributed by atoms with Gasteiger partial charge in [0, 0.05) is 39.5 Å². The molecular formula is C43H34N2. The molecule has 0 aliphatic heterocycles. The van der Waals surface area contributed by atoms with Gasteiger partial charge in [-0.25, -0.2) is 0 Å². The molecule has 0 amide bonds. The molecule has 7 aromatic carbocycles. The molecule has 0 saturated heterocycles. The molecular weight excluding hydrogens is 544 g/mol. The van der Waals surface area contributed by atoms with Crippen LogP contribution in [-0.4, -0.2) is 0 Å². The molecule has 0 spiro atoms. The third-order valence-electron chi connectivity index (χ3n) is 8.56. The van der Waals surface area contributed by atoms with Crippen LogP contribution in [-0.2, 0) is 5.41 Å². The van der Waals surface area contributed by atoms with Gasteiger partial charge in [-0.05, 0) is 106 Å². The van der Waals surface area contributed by atoms with Crippen LogP contribution in [0.1, 0.15) is 38.7 Å². The van der Waals surface area contributed by atoms with E-state index in [1.54, 1.807) is 9.80 Å². The molecule has 0 fully saturated rings. The van der Waals surface area contributed by atoms with Crippen molar-refractivity contribution in [3.05, 3.63) is 181 Å². The molecule has 0 atom stereocenters. The Bertz CT molecular complexity index is 2640. The minimum atomic E-state index is -0.532. The van der Waals surface area contributed by atoms with E-state index in [0.29, 0.717) is 22.7 Å². The lowest BCUT2D eigenvalue weighted by atomic mass is 9.80. The highest BCUT2D eigenvalue weighted by Crippen LogP contribution is 2.53. The topological polar surface area (TPSA) is 6.48 Å². The molecule has 1 aliphatic carbocycles. The van der Waals surface area contributed by atoms with Crippen molar-refractivity contribution in [1.82, 2.24) is 0 Å². The predicted octanol–water partition coefficient (Wildman–Crippen LogP) is 12.1. The number of hydrogen-bond donors (Lipinski definition) is 0. The second-order valence-electron chi connectivity index (χ2n) is 11.5. The average Bonchev–Trinajstić information content (AvgIpc) is 3.43. The zero-order valence-corrected chi connectivity index (χ0v) is 24.8. The average molecular weight is 589 g/mol. The van der Waals surface area contributed by atoms with E-state index in [2.05, 4.69) is 19.9 Å². The number of nitrogens with zero attached hydrogens (tertiary/aromatic N) is 2. The Hall–Kier alpha value is -5.60. The molecule has 216 valence electrons. The van der Waals surface area contributed by atoms with E-state index in [1.165, 1.54) is 0 Å². The van der Waals surface area contributed by atoms with Gasteiger partial charge in [-0.15, -0.1) is 0 Å². The Labute approximate surface area is 279 Å². The number of rotatable bonds is 6. The van der Waals surface area contributed by atoms with Crippen molar-refractivity contribution in [2.75, 3.05) is 9.80 Å². The van der Waals surface area contributed by atoms with Crippen molar-refractivity contribution in [2.24, 2.45) is 0 Å². The summed E-state index contributed by atoms with van der Waals surface area (Å²) in [6.45, 7) is 4.30. The summed E-state index contributed by atoms with van der Waals surface area (Å²) in [7, 11) is 0. The largest absolute Gasteiger partial charge is 0.310 e. The summed E-state index contributed by atoms with van der Waals surface area (Å²) in [5, 5.41) is 1.89. The summed E-state index contributed by atoms with van der Waals surface area (Å²) in [4.78, 5) is 3.43. The molecule has 0 heterocycles. The molecule has 0 aromatic heterocycles. The summed E-state index contributed by atoms with van der Waals surface area (Å²) in [5.41, 5.74) is 6.32. The summed E-state index contributed by atoms with van der Waals surface area (Å²) in [6.07, 6.45) is 0. The fraction of sp³-hybridized carbons (Fsp3) is 0.0698. The number of para-hydroxylation sites is 4. The van der Waals surface area contributed by atoms with Crippen molar-refractivity contribution in [2.45, 2.75) is 19.3 Å². The number of benzene rings is 7. The fourth-order valence-electron chi connectivity index (χ4n) is 6.59. The van der Waals surface area contributed by atoms with Crippen LogP contribution < -0.4 is 9.80 Å². The van der Waals surface area contributed by atoms with Gasteiger partial charge in [0.05, 0.1) is 13.7 Å². The van der Waals surface area contributed by atoms with Crippen molar-refractivity contribution in [1.29, 1.82) is 0 Å². The van der Waals surface area contributed by atoms with Crippen molar-refractivity contribution in [3.8, 4) is 11.1 Å². The van der Waals surface area contributed by atoms with Crippen molar-refractivity contribution >= 4 is 44.9 Å². The zero-order chi connectivity index (χ0) is 39.1. The van der Waals surface area contributed by atoms with Crippen molar-refractivity contribution in [3.63, 3.8) is 0 Å². The molecule has 0 bridgehead atoms. The Morgan fingerprint density at radius 2 is 0.978 bits per heavy atom. The zero-order valence-electron chi connectivity index (χ0n) is 34.8. The van der Waals surface area contributed by atoms with Crippen LogP contribution >= 0.6 is 0 Å². The van der Waals surface area contributed by atoms with E-state index in [-0.39, 0.29) is 35.5 Å². The van der Waals surface area contributed by atoms with E-state index in [4.69, 9.17) is 13.7 Å². The Morgan fingerprint density at radius 1 is 0.467 bits per heavy atom. The van der Waals surface area contributed by atoms with E-state index in [0.717, 1.165) is 33.0 Å². The Balaban J connectivity index is 1.29. The van der Waals surface area contributed by atoms with Gasteiger partial charge >= 0.3 is 0 Å². The summed E-state index contributed by atoms with van der Waals surface area (Å²) in [5.74, 6) is 0. The summed E-state index contributed by atoms with van der Waals surface area (Å²) >= 11 is 0. The van der Waals surface area contributed by atoms with Crippen LogP contribution in [0, 0.1) is 0 Å². The highest BCUT2D eigenvalue weighted by molar-refractivity contribution is 6.00. The van der Waals surface area contributed by atoms with Gasteiger partial charge in [-0.3, -0.25) is 0 Å². The minimum absolute atomic E-state index is 0.0556. The van der Waals surface area contributed by atoms with E-state index < -0.39 is 41.7 Å². The molecule has 45 heavy (non-hydrogen) atoms. The molecule has 1 aliphatic rings. The van der Waals surface area contributed by atoms with Gasteiger partial charge < -0.3 is 9.80 Å². The normalized spacial score (nSPS) is 16.0. The quantitative estimate of drug-likeness (QED) is 0.191. The second kappa shape index (κ2) is 10.8. The van der Waals surface area contributed by atoms with Crippen LogP contribution in [0.2, 0.25) is 0 Å². The monoisotopic (exact) mass is 588 g/mol. The van der Waals surface area contributed by atoms with Crippen LogP contribution in [0.15, 0.2) is 170 Å². The maximum absolute atomic E-state index is 8.84. The number of fused-ring (bicyclic) bond motifs is 5. The van der Waals surface area contributed by atoms with E-state index in [1.807, 2.05) is 103 Å². The van der Waals surface area contributed by atoms with Crippen LogP contribution in [0.25, 0.3) is 21.9 Å². The van der Waals surface area contributed by atoms with Gasteiger partial charge in [0.25, 0.3) is 0 Å². The van der Waals surface area contributed by atoms with Crippen LogP contribution in [0.5, 0.6) is 0 Å². The van der Waals surface area contributed by atoms with E-state index >= 15 is 0 Å². The van der Waals surface area contributed by atoms with Gasteiger partial charge in [0.2, 0.25) is 0 Å². The first-order valence-corrected chi connectivity index (χ1v) is 14.8. The minimum Gasteiger partial charge on any atom is -0.310 e. The maximum Gasteiger partial charge on any atom is 0.0645 e. The maximum atomic E-state index is 8.84. The summed E-state index contributed by atoms with van der Waals surface area (Å²) < 4.78 is 85.2. The molecule has 0 N–H and O–H groups in total. The molecule has 8 rings (SSSR count). The van der Waals surface area contributed by atoms with Gasteiger partial charge in [-0.1, -0.05) is 111 Å². The Morgan fingerprint density at radius 3 is 1.56 bits per heavy atom. The van der Waals surface area contributed by atoms with Gasteiger partial charge in [-0.2, -0.15) is 0 Å². The summed E-state index contributed by atoms with van der Waals surface area (Å²) in [6, 6.07) is 30.8. The lowest BCUT2D eigenvalue weighted by Crippen LogP contribution is -2.17. The van der Waals surface area contributed by atoms with Crippen LogP contribution in [0.4, 0.5) is 34.1 Å². The number of anilines is 6. The highest BCUT2D eigenvalue weighted by atomic mass is 15.1. The third kappa shape index (κ3) is 4.58. The molecule has 2 heteroatoms. The molecule has 0 unspecified atom stereocenters. The molecule has 2 nitrogen and oxygen atoms in total. The SMILES string of the molecule is [2H]c1c([2H])c([2H])c(N(c2ccccc2)c2ccc3c(c2)C(C)(C)c2c-3ccc3cc(N(c4ccccc4)c4c([2H])c([2H])c([2H])c([2H])c4[2H])ccc23)c([2H])c1[2H]. The lowest BCUT2D eigenvalue weighted by Gasteiger charge is -2.28. The first kappa shape index (κ1) is 18.3. The van der Waals surface area contributed by atoms with Gasteiger partial charge in [0.15, 0.2) is 0 Å². The smallest absolute Gasteiger partial charge is 0.0645 e. The first-order chi connectivity index (χ1) is 26.2.